The van der Waals surface area contributed by atoms with Gasteiger partial charge in [-0.2, -0.15) is 0 Å². The fraction of sp³-hybridized carbons (Fsp3) is 0.100. The lowest BCUT2D eigenvalue weighted by atomic mass is 10.1. The lowest BCUT2D eigenvalue weighted by molar-refractivity contribution is 0.201. The van der Waals surface area contributed by atoms with E-state index in [1.165, 1.54) is 6.33 Å². The van der Waals surface area contributed by atoms with E-state index >= 15 is 0 Å². The third-order valence-corrected chi connectivity index (χ3v) is 4.35. The maximum atomic E-state index is 8.96. The van der Waals surface area contributed by atoms with Crippen molar-refractivity contribution in [1.82, 2.24) is 14.5 Å². The highest BCUT2D eigenvalue weighted by molar-refractivity contribution is 6.34. The zero-order chi connectivity index (χ0) is 17.9. The highest BCUT2D eigenvalue weighted by atomic mass is 35.5. The van der Waals surface area contributed by atoms with Gasteiger partial charge in [-0.3, -0.25) is 0 Å². The van der Waals surface area contributed by atoms with Crippen LogP contribution in [0.1, 0.15) is 0 Å². The summed E-state index contributed by atoms with van der Waals surface area (Å²) in [5, 5.41) is 9.36. The lowest BCUT2D eigenvalue weighted by Crippen LogP contribution is -2.01. The van der Waals surface area contributed by atoms with Crippen molar-refractivity contribution >= 4 is 22.6 Å². The second-order valence-electron chi connectivity index (χ2n) is 5.71. The highest BCUT2D eigenvalue weighted by Crippen LogP contribution is 2.35. The maximum absolute atomic E-state index is 8.96. The van der Waals surface area contributed by atoms with Crippen molar-refractivity contribution in [2.75, 3.05) is 13.2 Å². The van der Waals surface area contributed by atoms with Crippen LogP contribution in [0.4, 0.5) is 0 Å². The first kappa shape index (κ1) is 16.6. The molecule has 0 atom stereocenters. The quantitative estimate of drug-likeness (QED) is 0.541. The van der Waals surface area contributed by atoms with Crippen molar-refractivity contribution in [1.29, 1.82) is 0 Å². The molecular formula is C20H16ClN3O2. The van der Waals surface area contributed by atoms with Gasteiger partial charge in [-0.15, -0.1) is 0 Å². The summed E-state index contributed by atoms with van der Waals surface area (Å²) in [7, 11) is 0. The monoisotopic (exact) mass is 365 g/mol. The van der Waals surface area contributed by atoms with Crippen LogP contribution in [0.2, 0.25) is 5.15 Å². The summed E-state index contributed by atoms with van der Waals surface area (Å²) in [5.41, 5.74) is 4.40. The van der Waals surface area contributed by atoms with E-state index in [1.54, 1.807) is 0 Å². The third kappa shape index (κ3) is 3.03. The molecule has 0 bridgehead atoms. The van der Waals surface area contributed by atoms with E-state index in [-0.39, 0.29) is 13.2 Å². The molecule has 2 heterocycles. The SMILES string of the molecule is OCCOc1cccc(-c2cn(-c3ccccc3)c3c(Cl)ncnc23)c1. The van der Waals surface area contributed by atoms with Crippen LogP contribution in [0.15, 0.2) is 67.1 Å². The Labute approximate surface area is 155 Å². The van der Waals surface area contributed by atoms with Gasteiger partial charge in [0.05, 0.1) is 6.61 Å². The summed E-state index contributed by atoms with van der Waals surface area (Å²) < 4.78 is 7.52. The normalized spacial score (nSPS) is 11.0. The van der Waals surface area contributed by atoms with Crippen LogP contribution in [0.25, 0.3) is 27.8 Å². The Morgan fingerprint density at radius 1 is 1.04 bits per heavy atom. The molecule has 1 N–H and O–H groups in total. The molecule has 5 nitrogen and oxygen atoms in total. The first-order valence-electron chi connectivity index (χ1n) is 8.19. The summed E-state index contributed by atoms with van der Waals surface area (Å²) in [6, 6.07) is 17.6. The predicted octanol–water partition coefficient (Wildman–Crippen LogP) is 4.11. The fourth-order valence-corrected chi connectivity index (χ4v) is 3.17. The molecule has 130 valence electrons. The van der Waals surface area contributed by atoms with Crippen LogP contribution in [-0.2, 0) is 0 Å². The van der Waals surface area contributed by atoms with Gasteiger partial charge >= 0.3 is 0 Å². The molecule has 0 saturated carbocycles. The number of rotatable bonds is 5. The molecule has 0 fully saturated rings. The third-order valence-electron chi connectivity index (χ3n) is 4.07. The number of hydrogen-bond donors (Lipinski definition) is 1. The number of aliphatic hydroxyl groups is 1. The van der Waals surface area contributed by atoms with E-state index in [2.05, 4.69) is 9.97 Å². The van der Waals surface area contributed by atoms with Gasteiger partial charge in [0.25, 0.3) is 0 Å². The highest BCUT2D eigenvalue weighted by Gasteiger charge is 2.16. The van der Waals surface area contributed by atoms with Gasteiger partial charge in [-0.25, -0.2) is 9.97 Å². The van der Waals surface area contributed by atoms with Gasteiger partial charge < -0.3 is 14.4 Å². The molecule has 0 amide bonds. The average Bonchev–Trinajstić information content (AvgIpc) is 3.08. The first-order valence-corrected chi connectivity index (χ1v) is 8.57. The maximum Gasteiger partial charge on any atom is 0.157 e. The number of benzene rings is 2. The van der Waals surface area contributed by atoms with Crippen molar-refractivity contribution in [3.8, 4) is 22.6 Å². The van der Waals surface area contributed by atoms with Crippen molar-refractivity contribution in [2.24, 2.45) is 0 Å². The predicted molar refractivity (Wildman–Crippen MR) is 102 cm³/mol. The van der Waals surface area contributed by atoms with Gasteiger partial charge in [0.15, 0.2) is 5.15 Å². The molecule has 4 rings (SSSR count). The first-order chi connectivity index (χ1) is 12.8. The van der Waals surface area contributed by atoms with E-state index in [0.717, 1.165) is 27.8 Å². The van der Waals surface area contributed by atoms with Gasteiger partial charge in [0, 0.05) is 17.4 Å². The number of nitrogens with zero attached hydrogens (tertiary/aromatic N) is 3. The number of fused-ring (bicyclic) bond motifs is 1. The number of ether oxygens (including phenoxy) is 1. The van der Waals surface area contributed by atoms with Crippen LogP contribution in [0.3, 0.4) is 0 Å². The summed E-state index contributed by atoms with van der Waals surface area (Å²) in [5.74, 6) is 0.692. The molecule has 4 aromatic rings. The van der Waals surface area contributed by atoms with Gasteiger partial charge in [0.2, 0.25) is 0 Å². The zero-order valence-electron chi connectivity index (χ0n) is 13.8. The topological polar surface area (TPSA) is 60.2 Å². The number of para-hydroxylation sites is 1. The number of hydrogen-bond acceptors (Lipinski definition) is 4. The van der Waals surface area contributed by atoms with Gasteiger partial charge in [-0.05, 0) is 29.8 Å². The minimum absolute atomic E-state index is 0.0274. The van der Waals surface area contributed by atoms with Crippen LogP contribution in [0.5, 0.6) is 5.75 Å². The number of aromatic nitrogens is 3. The minimum Gasteiger partial charge on any atom is -0.491 e. The second-order valence-corrected chi connectivity index (χ2v) is 6.07. The number of aliphatic hydroxyl groups excluding tert-OH is 1. The smallest absolute Gasteiger partial charge is 0.157 e. The van der Waals surface area contributed by atoms with E-state index in [1.807, 2.05) is 65.4 Å². The minimum atomic E-state index is -0.0274. The van der Waals surface area contributed by atoms with E-state index in [4.69, 9.17) is 21.4 Å². The Morgan fingerprint density at radius 3 is 2.69 bits per heavy atom. The van der Waals surface area contributed by atoms with Gasteiger partial charge in [0.1, 0.15) is 29.7 Å². The molecule has 0 spiro atoms. The molecule has 26 heavy (non-hydrogen) atoms. The van der Waals surface area contributed by atoms with Crippen molar-refractivity contribution in [2.45, 2.75) is 0 Å². The molecular weight excluding hydrogens is 350 g/mol. The summed E-state index contributed by atoms with van der Waals surface area (Å²) in [4.78, 5) is 8.60. The molecule has 0 unspecified atom stereocenters. The van der Waals surface area contributed by atoms with Crippen molar-refractivity contribution < 1.29 is 9.84 Å². The molecule has 0 aliphatic carbocycles. The van der Waals surface area contributed by atoms with E-state index in [0.29, 0.717) is 10.9 Å². The fourth-order valence-electron chi connectivity index (χ4n) is 2.94. The van der Waals surface area contributed by atoms with E-state index in [9.17, 15) is 0 Å². The molecule has 0 saturated heterocycles. The molecule has 2 aromatic carbocycles. The average molecular weight is 366 g/mol. The van der Waals surface area contributed by atoms with Crippen LogP contribution in [-0.4, -0.2) is 32.9 Å². The molecule has 0 radical (unpaired) electrons. The summed E-state index contributed by atoms with van der Waals surface area (Å²) in [6.45, 7) is 0.226. The second kappa shape index (κ2) is 7.15. The number of halogens is 1. The van der Waals surface area contributed by atoms with Crippen LogP contribution in [0, 0.1) is 0 Å². The van der Waals surface area contributed by atoms with Gasteiger partial charge in [-0.1, -0.05) is 41.9 Å². The zero-order valence-corrected chi connectivity index (χ0v) is 14.6. The van der Waals surface area contributed by atoms with E-state index < -0.39 is 0 Å². The molecule has 0 aliphatic rings. The van der Waals surface area contributed by atoms with Crippen LogP contribution >= 0.6 is 11.6 Å². The summed E-state index contributed by atoms with van der Waals surface area (Å²) in [6.07, 6.45) is 3.47. The Kier molecular flexibility index (Phi) is 4.56. The molecule has 6 heteroatoms. The standard InChI is InChI=1S/C20H16ClN3O2/c21-20-19-18(22-13-23-20)17(12-24(19)15-6-2-1-3-7-15)14-5-4-8-16(11-14)26-10-9-25/h1-8,11-13,25H,9-10H2. The van der Waals surface area contributed by atoms with Crippen molar-refractivity contribution in [3.63, 3.8) is 0 Å². The Hall–Kier alpha value is -2.89. The Balaban J connectivity index is 1.90. The Bertz CT molecular complexity index is 1050. The lowest BCUT2D eigenvalue weighted by Gasteiger charge is -2.06. The van der Waals surface area contributed by atoms with Crippen molar-refractivity contribution in [3.05, 3.63) is 72.3 Å². The molecule has 2 aromatic heterocycles. The largest absolute Gasteiger partial charge is 0.491 e. The Morgan fingerprint density at radius 2 is 1.88 bits per heavy atom. The van der Waals surface area contributed by atoms with Crippen LogP contribution < -0.4 is 4.74 Å². The summed E-state index contributed by atoms with van der Waals surface area (Å²) >= 11 is 6.39. The molecule has 0 aliphatic heterocycles.